The van der Waals surface area contributed by atoms with Crippen LogP contribution in [0.4, 0.5) is 0 Å². The number of pyridine rings is 1. The Hall–Kier alpha value is -3.22. The van der Waals surface area contributed by atoms with Crippen molar-refractivity contribution in [3.63, 3.8) is 0 Å². The second-order valence-corrected chi connectivity index (χ2v) is 6.08. The fourth-order valence-electron chi connectivity index (χ4n) is 2.57. The lowest BCUT2D eigenvalue weighted by Crippen LogP contribution is -2.27. The second-order valence-electron chi connectivity index (χ2n) is 6.08. The smallest absolute Gasteiger partial charge is 0.276 e. The summed E-state index contributed by atoms with van der Waals surface area (Å²) in [6.07, 6.45) is 3.39. The standard InChI is InChI=1S/C19H21N5O2/c1-14-5-4-10-20-17(14)12-23(2)19(25)18-13-24(22-21-18)11-15-6-8-16(26-3)9-7-15/h4-10,13H,11-12H2,1-3H3. The van der Waals surface area contributed by atoms with Crippen LogP contribution >= 0.6 is 0 Å². The maximum absolute atomic E-state index is 12.6. The SMILES string of the molecule is COc1ccc(Cn2cc(C(=O)N(C)Cc3ncccc3C)nn2)cc1. The van der Waals surface area contributed by atoms with Gasteiger partial charge in [-0.2, -0.15) is 0 Å². The van der Waals surface area contributed by atoms with Gasteiger partial charge in [-0.15, -0.1) is 5.10 Å². The van der Waals surface area contributed by atoms with Crippen LogP contribution in [0.25, 0.3) is 0 Å². The topological polar surface area (TPSA) is 73.1 Å². The molecule has 0 radical (unpaired) electrons. The Kier molecular flexibility index (Phi) is 5.26. The van der Waals surface area contributed by atoms with Gasteiger partial charge < -0.3 is 9.64 Å². The van der Waals surface area contributed by atoms with E-state index in [1.165, 1.54) is 0 Å². The third-order valence-corrected chi connectivity index (χ3v) is 4.11. The molecule has 0 spiro atoms. The van der Waals surface area contributed by atoms with Crippen LogP contribution in [0.15, 0.2) is 48.8 Å². The second kappa shape index (κ2) is 7.77. The van der Waals surface area contributed by atoms with Gasteiger partial charge in [-0.3, -0.25) is 9.78 Å². The molecule has 0 aliphatic rings. The van der Waals surface area contributed by atoms with Gasteiger partial charge in [-0.25, -0.2) is 4.68 Å². The van der Waals surface area contributed by atoms with Crippen LogP contribution < -0.4 is 4.74 Å². The van der Waals surface area contributed by atoms with E-state index in [0.29, 0.717) is 18.8 Å². The number of nitrogens with zero attached hydrogens (tertiary/aromatic N) is 5. The fourth-order valence-corrected chi connectivity index (χ4v) is 2.57. The normalized spacial score (nSPS) is 10.6. The molecule has 3 aromatic rings. The zero-order valence-electron chi connectivity index (χ0n) is 15.1. The quantitative estimate of drug-likeness (QED) is 0.681. The molecule has 134 valence electrons. The molecular formula is C19H21N5O2. The maximum atomic E-state index is 12.6. The van der Waals surface area contributed by atoms with E-state index in [-0.39, 0.29) is 5.91 Å². The van der Waals surface area contributed by atoms with Crippen LogP contribution in [-0.2, 0) is 13.1 Å². The van der Waals surface area contributed by atoms with Gasteiger partial charge in [0.1, 0.15) is 5.75 Å². The molecule has 2 heterocycles. The van der Waals surface area contributed by atoms with E-state index in [0.717, 1.165) is 22.6 Å². The first-order valence-corrected chi connectivity index (χ1v) is 8.26. The minimum Gasteiger partial charge on any atom is -0.497 e. The summed E-state index contributed by atoms with van der Waals surface area (Å²) in [7, 11) is 3.37. The zero-order valence-corrected chi connectivity index (χ0v) is 15.1. The first-order valence-electron chi connectivity index (χ1n) is 8.26. The Labute approximate surface area is 152 Å². The summed E-state index contributed by atoms with van der Waals surface area (Å²) in [5.74, 6) is 0.616. The highest BCUT2D eigenvalue weighted by Crippen LogP contribution is 2.13. The van der Waals surface area contributed by atoms with Crippen LogP contribution in [0.1, 0.15) is 27.3 Å². The molecule has 1 amide bonds. The number of methoxy groups -OCH3 is 1. The lowest BCUT2D eigenvalue weighted by molar-refractivity contribution is 0.0777. The molecule has 0 N–H and O–H groups in total. The molecular weight excluding hydrogens is 330 g/mol. The van der Waals surface area contributed by atoms with Crippen molar-refractivity contribution in [2.45, 2.75) is 20.0 Å². The zero-order chi connectivity index (χ0) is 18.5. The molecule has 0 aliphatic heterocycles. The van der Waals surface area contributed by atoms with Crippen molar-refractivity contribution in [3.05, 3.63) is 71.3 Å². The van der Waals surface area contributed by atoms with Crippen molar-refractivity contribution in [3.8, 4) is 5.75 Å². The number of hydrogen-bond donors (Lipinski definition) is 0. The Morgan fingerprint density at radius 2 is 2.00 bits per heavy atom. The number of aromatic nitrogens is 4. The molecule has 0 saturated heterocycles. The van der Waals surface area contributed by atoms with Crippen molar-refractivity contribution in [1.82, 2.24) is 24.9 Å². The molecule has 1 aromatic carbocycles. The lowest BCUT2D eigenvalue weighted by Gasteiger charge is -2.16. The highest BCUT2D eigenvalue weighted by atomic mass is 16.5. The Balaban J connectivity index is 1.66. The van der Waals surface area contributed by atoms with Gasteiger partial charge in [0.2, 0.25) is 0 Å². The van der Waals surface area contributed by atoms with E-state index in [2.05, 4.69) is 15.3 Å². The molecule has 0 bridgehead atoms. The number of rotatable bonds is 6. The van der Waals surface area contributed by atoms with E-state index in [1.807, 2.05) is 43.3 Å². The fraction of sp³-hybridized carbons (Fsp3) is 0.263. The van der Waals surface area contributed by atoms with Crippen LogP contribution in [0.5, 0.6) is 5.75 Å². The van der Waals surface area contributed by atoms with Gasteiger partial charge >= 0.3 is 0 Å². The van der Waals surface area contributed by atoms with E-state index >= 15 is 0 Å². The van der Waals surface area contributed by atoms with Crippen molar-refractivity contribution in [2.24, 2.45) is 0 Å². The predicted molar refractivity (Wildman–Crippen MR) is 96.9 cm³/mol. The minimum absolute atomic E-state index is 0.184. The molecule has 7 heteroatoms. The Morgan fingerprint density at radius 3 is 2.69 bits per heavy atom. The van der Waals surface area contributed by atoms with Gasteiger partial charge in [0.15, 0.2) is 5.69 Å². The van der Waals surface area contributed by atoms with Crippen LogP contribution in [0.3, 0.4) is 0 Å². The minimum atomic E-state index is -0.184. The maximum Gasteiger partial charge on any atom is 0.276 e. The molecule has 26 heavy (non-hydrogen) atoms. The lowest BCUT2D eigenvalue weighted by atomic mass is 10.2. The largest absolute Gasteiger partial charge is 0.497 e. The molecule has 7 nitrogen and oxygen atoms in total. The average Bonchev–Trinajstić information content (AvgIpc) is 3.12. The highest BCUT2D eigenvalue weighted by Gasteiger charge is 2.17. The van der Waals surface area contributed by atoms with Gasteiger partial charge in [0.25, 0.3) is 5.91 Å². The predicted octanol–water partition coefficient (Wildman–Crippen LogP) is 2.31. The molecule has 2 aromatic heterocycles. The highest BCUT2D eigenvalue weighted by molar-refractivity contribution is 5.91. The number of benzene rings is 1. The van der Waals surface area contributed by atoms with Gasteiger partial charge in [-0.05, 0) is 36.2 Å². The Morgan fingerprint density at radius 1 is 1.23 bits per heavy atom. The van der Waals surface area contributed by atoms with Crippen LogP contribution in [-0.4, -0.2) is 44.9 Å². The first-order chi connectivity index (χ1) is 12.6. The molecule has 0 atom stereocenters. The summed E-state index contributed by atoms with van der Waals surface area (Å²) in [4.78, 5) is 18.5. The van der Waals surface area contributed by atoms with E-state index < -0.39 is 0 Å². The summed E-state index contributed by atoms with van der Waals surface area (Å²) < 4.78 is 6.80. The molecule has 0 saturated carbocycles. The number of carbonyl (C=O) groups excluding carboxylic acids is 1. The number of amides is 1. The van der Waals surface area contributed by atoms with Crippen molar-refractivity contribution in [2.75, 3.05) is 14.2 Å². The molecule has 3 rings (SSSR count). The van der Waals surface area contributed by atoms with E-state index in [4.69, 9.17) is 4.74 Å². The summed E-state index contributed by atoms with van der Waals surface area (Å²) in [6, 6.07) is 11.6. The van der Waals surface area contributed by atoms with Crippen molar-refractivity contribution >= 4 is 5.91 Å². The third-order valence-electron chi connectivity index (χ3n) is 4.11. The number of aryl methyl sites for hydroxylation is 1. The number of ether oxygens (including phenoxy) is 1. The van der Waals surface area contributed by atoms with Crippen molar-refractivity contribution in [1.29, 1.82) is 0 Å². The van der Waals surface area contributed by atoms with Gasteiger partial charge in [0, 0.05) is 13.2 Å². The average molecular weight is 351 g/mol. The summed E-state index contributed by atoms with van der Waals surface area (Å²) in [5, 5.41) is 8.06. The molecule has 0 aliphatic carbocycles. The molecule has 0 unspecified atom stereocenters. The summed E-state index contributed by atoms with van der Waals surface area (Å²) >= 11 is 0. The third kappa shape index (κ3) is 4.05. The Bertz CT molecular complexity index is 889. The van der Waals surface area contributed by atoms with Gasteiger partial charge in [-0.1, -0.05) is 23.4 Å². The summed E-state index contributed by atoms with van der Waals surface area (Å²) in [5.41, 5.74) is 3.28. The van der Waals surface area contributed by atoms with E-state index in [9.17, 15) is 4.79 Å². The summed E-state index contributed by atoms with van der Waals surface area (Å²) in [6.45, 7) is 2.94. The number of carbonyl (C=O) groups is 1. The van der Waals surface area contributed by atoms with Crippen LogP contribution in [0, 0.1) is 6.92 Å². The first kappa shape index (κ1) is 17.6. The monoisotopic (exact) mass is 351 g/mol. The van der Waals surface area contributed by atoms with Crippen molar-refractivity contribution < 1.29 is 9.53 Å². The van der Waals surface area contributed by atoms with Gasteiger partial charge in [0.05, 0.1) is 32.1 Å². The number of hydrogen-bond acceptors (Lipinski definition) is 5. The molecule has 0 fully saturated rings. The van der Waals surface area contributed by atoms with E-state index in [1.54, 1.807) is 36.1 Å². The van der Waals surface area contributed by atoms with Crippen LogP contribution in [0.2, 0.25) is 0 Å².